The van der Waals surface area contributed by atoms with E-state index in [1.165, 1.54) is 0 Å². The molecule has 0 aromatic heterocycles. The molecule has 0 aliphatic rings. The molecule has 0 heterocycles. The summed E-state index contributed by atoms with van der Waals surface area (Å²) in [6.07, 6.45) is 0. The fraction of sp³-hybridized carbons (Fsp3) is 0. The van der Waals surface area contributed by atoms with Gasteiger partial charge in [0.2, 0.25) is 0 Å². The Morgan fingerprint density at radius 2 is 1.17 bits per heavy atom. The molecule has 0 spiro atoms. The van der Waals surface area contributed by atoms with Gasteiger partial charge in [-0.2, -0.15) is 4.20 Å². The molecule has 0 bridgehead atoms. The van der Waals surface area contributed by atoms with Crippen LogP contribution in [-0.4, -0.2) is 47.5 Å². The summed E-state index contributed by atoms with van der Waals surface area (Å²) < 4.78 is 10.2. The summed E-state index contributed by atoms with van der Waals surface area (Å²) in [4.78, 5) is 14.0. The predicted octanol–water partition coefficient (Wildman–Crippen LogP) is -1.13. The van der Waals surface area contributed by atoms with Crippen molar-refractivity contribution in [2.24, 2.45) is 0 Å². The second-order valence-electron chi connectivity index (χ2n) is 0.241. The van der Waals surface area contributed by atoms with Crippen LogP contribution in [0, 0.1) is 0 Å². The van der Waals surface area contributed by atoms with Crippen molar-refractivity contribution in [2.45, 2.75) is 0 Å². The van der Waals surface area contributed by atoms with Gasteiger partial charge in [0.25, 0.3) is 0 Å². The van der Waals surface area contributed by atoms with Gasteiger partial charge in [0, 0.05) is 0 Å². The zero-order valence-electron chi connectivity index (χ0n) is 1.72. The van der Waals surface area contributed by atoms with Crippen LogP contribution in [0.5, 0.6) is 0 Å². The Kier molecular flexibility index (Phi) is 25.3. The molecule has 0 aliphatic carbocycles. The average molecular weight is 99.9 g/mol. The maximum atomic E-state index is 10.2. The Hall–Kier alpha value is 1.47. The third-order valence-electron chi connectivity index (χ3n) is 0. The van der Waals surface area contributed by atoms with Crippen LogP contribution in [0.2, 0.25) is 0 Å². The number of hydrogen-bond donors (Lipinski definition) is 2. The third kappa shape index (κ3) is 50.4. The van der Waals surface area contributed by atoms with E-state index in [2.05, 4.69) is 0 Å². The van der Waals surface area contributed by atoms with Crippen LogP contribution in [0.3, 0.4) is 0 Å². The fourth-order valence-corrected chi connectivity index (χ4v) is 0. The molecule has 0 amide bonds. The van der Waals surface area contributed by atoms with Crippen molar-refractivity contribution in [3.05, 3.63) is 0 Å². The average Bonchev–Trinajstić information content (AvgIpc) is 0.811. The van der Waals surface area contributed by atoms with Crippen LogP contribution in [0.4, 0.5) is 4.20 Å². The summed E-state index contributed by atoms with van der Waals surface area (Å²) in [5.41, 5.74) is 0. The predicted molar refractivity (Wildman–Crippen MR) is 26.8 cm³/mol. The Morgan fingerprint density at radius 1 is 1.17 bits per heavy atom. The molecular weight excluding hydrogens is 95.9 g/mol. The number of rotatable bonds is 0. The molecule has 2 N–H and O–H groups in total. The topological polar surface area (TPSA) is 40.5 Å². The van der Waals surface area contributed by atoms with Gasteiger partial charge in [-0.3, -0.25) is 0 Å². The van der Waals surface area contributed by atoms with Gasteiger partial charge in [0.05, 0.1) is 0 Å². The SMILES string of the molecule is OP(O)F.[LiH].[LiH]. The second-order valence-corrected chi connectivity index (χ2v) is 0.722. The Balaban J connectivity index is -0.0000000450. The fourth-order valence-electron chi connectivity index (χ4n) is 0. The number of halogens is 1. The summed E-state index contributed by atoms with van der Waals surface area (Å²) in [6.45, 7) is 0. The molecule has 2 nitrogen and oxygen atoms in total. The Labute approximate surface area is 60.5 Å². The van der Waals surface area contributed by atoms with Crippen LogP contribution in [0.15, 0.2) is 0 Å². The van der Waals surface area contributed by atoms with E-state index >= 15 is 0 Å². The van der Waals surface area contributed by atoms with Crippen LogP contribution in [-0.2, 0) is 0 Å². The van der Waals surface area contributed by atoms with E-state index in [-0.39, 0.29) is 37.7 Å². The summed E-state index contributed by atoms with van der Waals surface area (Å²) >= 11 is 0. The molecular formula is H4FLi2O2P. The molecule has 0 unspecified atom stereocenters. The van der Waals surface area contributed by atoms with Gasteiger partial charge in [0.1, 0.15) is 0 Å². The summed E-state index contributed by atoms with van der Waals surface area (Å²) in [5, 5.41) is 0. The summed E-state index contributed by atoms with van der Waals surface area (Å²) in [7, 11) is -3.12. The second kappa shape index (κ2) is 9.69. The van der Waals surface area contributed by atoms with E-state index in [9.17, 15) is 4.20 Å². The Bertz CT molecular complexity index is 16.3. The molecule has 0 rings (SSSR count). The molecule has 30 valence electrons. The van der Waals surface area contributed by atoms with Crippen molar-refractivity contribution in [3.63, 3.8) is 0 Å². The van der Waals surface area contributed by atoms with Crippen LogP contribution in [0.25, 0.3) is 0 Å². The molecule has 0 radical (unpaired) electrons. The van der Waals surface area contributed by atoms with Gasteiger partial charge in [-0.15, -0.1) is 0 Å². The third-order valence-corrected chi connectivity index (χ3v) is 0. The van der Waals surface area contributed by atoms with E-state index in [0.29, 0.717) is 0 Å². The standard InChI is InChI=1S/FH2O2P.2Li.2H/c1-4(2)3;;;;/h2-3H;;;;. The van der Waals surface area contributed by atoms with Gasteiger partial charge in [-0.1, -0.05) is 0 Å². The van der Waals surface area contributed by atoms with Crippen LogP contribution >= 0.6 is 8.69 Å². The van der Waals surface area contributed by atoms with Crippen molar-refractivity contribution in [2.75, 3.05) is 0 Å². The Morgan fingerprint density at radius 3 is 1.17 bits per heavy atom. The molecule has 0 atom stereocenters. The molecule has 0 aromatic rings. The molecule has 0 saturated carbocycles. The van der Waals surface area contributed by atoms with Crippen molar-refractivity contribution >= 4 is 46.4 Å². The first-order valence-electron chi connectivity index (χ1n) is 0.569. The van der Waals surface area contributed by atoms with Gasteiger partial charge in [-0.25, -0.2) is 0 Å². The minimum atomic E-state index is -3.12. The molecule has 6 heavy (non-hydrogen) atoms. The van der Waals surface area contributed by atoms with Gasteiger partial charge >= 0.3 is 46.4 Å². The van der Waals surface area contributed by atoms with E-state index in [1.807, 2.05) is 0 Å². The molecule has 6 heteroatoms. The van der Waals surface area contributed by atoms with E-state index in [0.717, 1.165) is 0 Å². The number of hydrogen-bond acceptors (Lipinski definition) is 2. The minimum absolute atomic E-state index is 0. The van der Waals surface area contributed by atoms with E-state index in [1.54, 1.807) is 0 Å². The molecule has 0 aliphatic heterocycles. The van der Waals surface area contributed by atoms with Crippen molar-refractivity contribution in [1.29, 1.82) is 0 Å². The van der Waals surface area contributed by atoms with E-state index < -0.39 is 8.69 Å². The summed E-state index contributed by atoms with van der Waals surface area (Å²) in [5.74, 6) is 0. The van der Waals surface area contributed by atoms with Crippen LogP contribution in [0.1, 0.15) is 0 Å². The first-order valence-corrected chi connectivity index (χ1v) is 1.71. The van der Waals surface area contributed by atoms with Crippen LogP contribution < -0.4 is 0 Å². The van der Waals surface area contributed by atoms with E-state index in [4.69, 9.17) is 9.79 Å². The summed E-state index contributed by atoms with van der Waals surface area (Å²) in [6, 6.07) is 0. The van der Waals surface area contributed by atoms with Gasteiger partial charge in [0.15, 0.2) is 0 Å². The first-order chi connectivity index (χ1) is 1.73. The van der Waals surface area contributed by atoms with Crippen molar-refractivity contribution in [1.82, 2.24) is 0 Å². The monoisotopic (exact) mass is 100 g/mol. The normalized spacial score (nSPS) is 6.00. The van der Waals surface area contributed by atoms with Gasteiger partial charge in [-0.05, 0) is 0 Å². The zero-order valence-corrected chi connectivity index (χ0v) is 2.61. The first kappa shape index (κ1) is 15.6. The quantitative estimate of drug-likeness (QED) is 0.298. The molecule has 0 fully saturated rings. The maximum absolute atomic E-state index is 10.2. The van der Waals surface area contributed by atoms with Crippen molar-refractivity contribution in [3.8, 4) is 0 Å². The van der Waals surface area contributed by atoms with Crippen molar-refractivity contribution < 1.29 is 14.0 Å². The molecule has 0 aromatic carbocycles. The van der Waals surface area contributed by atoms with Gasteiger partial charge < -0.3 is 9.79 Å². The molecule has 0 saturated heterocycles. The zero-order chi connectivity index (χ0) is 3.58.